The summed E-state index contributed by atoms with van der Waals surface area (Å²) >= 11 is 6.46. The topological polar surface area (TPSA) is 130 Å². The number of primary amides is 1. The van der Waals surface area contributed by atoms with Crippen LogP contribution in [-0.2, 0) is 4.74 Å². The van der Waals surface area contributed by atoms with E-state index in [9.17, 15) is 14.4 Å². The van der Waals surface area contributed by atoms with Gasteiger partial charge >= 0.3 is 5.97 Å². The minimum atomic E-state index is -0.730. The molecule has 3 atom stereocenters. The number of hydrogen-bond acceptors (Lipinski definition) is 10. The van der Waals surface area contributed by atoms with Gasteiger partial charge in [0.15, 0.2) is 17.3 Å². The van der Waals surface area contributed by atoms with Gasteiger partial charge in [-0.2, -0.15) is 0 Å². The van der Waals surface area contributed by atoms with Gasteiger partial charge in [-0.05, 0) is 82.4 Å². The fourth-order valence-electron chi connectivity index (χ4n) is 5.78. The van der Waals surface area contributed by atoms with E-state index >= 15 is 0 Å². The molecule has 45 heavy (non-hydrogen) atoms. The second-order valence-electron chi connectivity index (χ2n) is 11.3. The summed E-state index contributed by atoms with van der Waals surface area (Å²) in [5, 5.41) is 0.0729. The van der Waals surface area contributed by atoms with Crippen LogP contribution in [-0.4, -0.2) is 101 Å². The van der Waals surface area contributed by atoms with Crippen molar-refractivity contribution in [1.82, 2.24) is 9.80 Å². The quantitative estimate of drug-likeness (QED) is 0.445. The molecule has 0 aliphatic carbocycles. The highest BCUT2D eigenvalue weighted by atomic mass is 35.5. The van der Waals surface area contributed by atoms with Gasteiger partial charge in [0.05, 0.1) is 44.1 Å². The lowest BCUT2D eigenvalue weighted by molar-refractivity contribution is 0.0221. The molecule has 2 heterocycles. The lowest BCUT2D eigenvalue weighted by Gasteiger charge is -2.25. The number of benzene rings is 2. The minimum Gasteiger partial charge on any atom is -0.493 e. The number of hydrogen-bond donors (Lipinski definition) is 1. The van der Waals surface area contributed by atoms with E-state index in [2.05, 4.69) is 9.80 Å². The average Bonchev–Trinajstić information content (AvgIpc) is 3.27. The summed E-state index contributed by atoms with van der Waals surface area (Å²) in [5.74, 6) is 0.0243. The summed E-state index contributed by atoms with van der Waals surface area (Å²) in [6.45, 7) is 5.78. The van der Waals surface area contributed by atoms with Gasteiger partial charge in [-0.1, -0.05) is 11.6 Å². The molecular formula is C33H44ClN3O8. The van der Waals surface area contributed by atoms with E-state index in [0.29, 0.717) is 48.5 Å². The number of halogens is 1. The molecule has 2 N–H and O–H groups in total. The number of ether oxygens (including phenoxy) is 5. The number of Topliss-reactive ketones (excluding diaryl/α,β-unsaturated/α-hetero) is 1. The highest BCUT2D eigenvalue weighted by Gasteiger charge is 2.24. The van der Waals surface area contributed by atoms with Gasteiger partial charge < -0.3 is 39.2 Å². The fourth-order valence-corrected chi connectivity index (χ4v) is 6.04. The SMILES string of the molecule is COc1cc(C(=O)OC2CCCOc3cc(cc(C(N)=O)c3Cl)C(=O)CCCCN3CCCN(CC2)CC3)cc(OC)c1OC. The van der Waals surface area contributed by atoms with Crippen LogP contribution in [0.5, 0.6) is 23.0 Å². The number of esters is 1. The molecule has 1 amide bonds. The minimum absolute atomic E-state index is 0.0500. The molecule has 4 rings (SSSR count). The summed E-state index contributed by atoms with van der Waals surface area (Å²) in [7, 11) is 4.49. The highest BCUT2D eigenvalue weighted by Crippen LogP contribution is 2.38. The fraction of sp³-hybridized carbons (Fsp3) is 0.545. The zero-order valence-corrected chi connectivity index (χ0v) is 27.2. The summed E-state index contributed by atoms with van der Waals surface area (Å²) in [6.07, 6.45) is 4.34. The Labute approximate surface area is 269 Å². The maximum Gasteiger partial charge on any atom is 0.338 e. The maximum absolute atomic E-state index is 13.4. The van der Waals surface area contributed by atoms with Gasteiger partial charge in [0, 0.05) is 31.6 Å². The van der Waals surface area contributed by atoms with Crippen molar-refractivity contribution in [2.24, 2.45) is 5.73 Å². The first-order valence-corrected chi connectivity index (χ1v) is 15.9. The first-order chi connectivity index (χ1) is 21.7. The van der Waals surface area contributed by atoms with Crippen LogP contribution in [0.2, 0.25) is 5.02 Å². The molecule has 2 aliphatic rings. The lowest BCUT2D eigenvalue weighted by atomic mass is 10.0. The largest absolute Gasteiger partial charge is 0.493 e. The number of carbonyl (C=O) groups is 3. The summed E-state index contributed by atoms with van der Waals surface area (Å²) < 4.78 is 28.3. The Hall–Kier alpha value is -3.54. The third kappa shape index (κ3) is 9.24. The van der Waals surface area contributed by atoms with E-state index < -0.39 is 18.0 Å². The molecule has 11 nitrogen and oxygen atoms in total. The van der Waals surface area contributed by atoms with Gasteiger partial charge in [-0.15, -0.1) is 0 Å². The number of amides is 1. The van der Waals surface area contributed by atoms with Crippen LogP contribution in [0.1, 0.15) is 76.0 Å². The number of fused-ring (bicyclic) bond motifs is 5. The Balaban J connectivity index is 1.55. The first-order valence-electron chi connectivity index (χ1n) is 15.5. The van der Waals surface area contributed by atoms with Gasteiger partial charge in [-0.3, -0.25) is 9.59 Å². The van der Waals surface area contributed by atoms with Crippen LogP contribution >= 0.6 is 11.6 Å². The van der Waals surface area contributed by atoms with E-state index in [1.807, 2.05) is 0 Å². The van der Waals surface area contributed by atoms with Crippen LogP contribution in [0.4, 0.5) is 0 Å². The number of ketones is 1. The third-order valence-electron chi connectivity index (χ3n) is 8.31. The number of nitrogens with zero attached hydrogens (tertiary/aromatic N) is 2. The average molecular weight is 646 g/mol. The van der Waals surface area contributed by atoms with E-state index in [1.165, 1.54) is 27.4 Å². The van der Waals surface area contributed by atoms with Crippen LogP contribution in [0.3, 0.4) is 0 Å². The predicted octanol–water partition coefficient (Wildman–Crippen LogP) is 4.61. The molecule has 2 aliphatic heterocycles. The standard InChI is InChI=1S/C33H44ClN3O8/c1-41-28-20-23(21-29(42-2)31(28)43-3)33(40)45-24-8-6-17-44-27-19-22(18-25(30(27)34)32(35)39)26(38)9-4-5-11-36-12-7-13-37(14-10-24)16-15-36/h18-21,24H,4-17H2,1-3H3,(H2,35,39). The van der Waals surface area contributed by atoms with Gasteiger partial charge in [0.1, 0.15) is 11.9 Å². The number of rotatable bonds is 6. The molecular weight excluding hydrogens is 602 g/mol. The first kappa shape index (κ1) is 34.3. The monoisotopic (exact) mass is 645 g/mol. The van der Waals surface area contributed by atoms with Crippen molar-refractivity contribution < 1.29 is 38.1 Å². The summed E-state index contributed by atoms with van der Waals surface area (Å²) in [5.41, 5.74) is 6.25. The zero-order chi connectivity index (χ0) is 32.3. The van der Waals surface area contributed by atoms with Crippen molar-refractivity contribution in [3.8, 4) is 23.0 Å². The summed E-state index contributed by atoms with van der Waals surface area (Å²) in [4.78, 5) is 43.4. The molecule has 0 radical (unpaired) electrons. The molecule has 12 heteroatoms. The van der Waals surface area contributed by atoms with Crippen molar-refractivity contribution in [2.45, 2.75) is 51.0 Å². The number of methoxy groups -OCH3 is 3. The molecule has 2 aromatic carbocycles. The van der Waals surface area contributed by atoms with Crippen LogP contribution in [0.25, 0.3) is 0 Å². The molecule has 246 valence electrons. The van der Waals surface area contributed by atoms with Gasteiger partial charge in [0.25, 0.3) is 0 Å². The smallest absolute Gasteiger partial charge is 0.338 e. The molecule has 0 spiro atoms. The van der Waals surface area contributed by atoms with Crippen molar-refractivity contribution in [3.63, 3.8) is 0 Å². The second kappa shape index (κ2) is 16.7. The van der Waals surface area contributed by atoms with Gasteiger partial charge in [0.2, 0.25) is 11.7 Å². The van der Waals surface area contributed by atoms with Crippen LogP contribution in [0.15, 0.2) is 24.3 Å². The van der Waals surface area contributed by atoms with Crippen molar-refractivity contribution >= 4 is 29.3 Å². The highest BCUT2D eigenvalue weighted by molar-refractivity contribution is 6.35. The molecule has 0 saturated carbocycles. The van der Waals surface area contributed by atoms with Gasteiger partial charge in [-0.25, -0.2) is 4.79 Å². The lowest BCUT2D eigenvalue weighted by Crippen LogP contribution is -2.33. The van der Waals surface area contributed by atoms with Crippen LogP contribution < -0.4 is 24.7 Å². The number of nitrogens with two attached hydrogens (primary N) is 1. The Morgan fingerprint density at radius 1 is 0.844 bits per heavy atom. The Morgan fingerprint density at radius 2 is 1.51 bits per heavy atom. The zero-order valence-electron chi connectivity index (χ0n) is 26.4. The van der Waals surface area contributed by atoms with E-state index in [0.717, 1.165) is 58.5 Å². The molecule has 1 fully saturated rings. The van der Waals surface area contributed by atoms with E-state index in [-0.39, 0.29) is 34.3 Å². The Kier molecular flexibility index (Phi) is 12.7. The van der Waals surface area contributed by atoms with Crippen molar-refractivity contribution in [2.75, 3.05) is 67.2 Å². The number of carbonyl (C=O) groups excluding carboxylic acids is 3. The summed E-state index contributed by atoms with van der Waals surface area (Å²) in [6, 6.07) is 6.18. The predicted molar refractivity (Wildman–Crippen MR) is 170 cm³/mol. The Morgan fingerprint density at radius 3 is 2.16 bits per heavy atom. The van der Waals surface area contributed by atoms with Crippen LogP contribution in [0, 0.1) is 0 Å². The Bertz CT molecular complexity index is 1330. The second-order valence-corrected chi connectivity index (χ2v) is 11.7. The maximum atomic E-state index is 13.4. The van der Waals surface area contributed by atoms with Crippen molar-refractivity contribution in [3.05, 3.63) is 46.0 Å². The molecule has 4 bridgehead atoms. The van der Waals surface area contributed by atoms with E-state index in [1.54, 1.807) is 18.2 Å². The molecule has 2 aromatic rings. The normalized spacial score (nSPS) is 21.7. The van der Waals surface area contributed by atoms with E-state index in [4.69, 9.17) is 41.0 Å². The molecule has 1 saturated heterocycles. The third-order valence-corrected chi connectivity index (χ3v) is 8.70. The molecule has 3 unspecified atom stereocenters. The molecule has 0 aromatic heterocycles. The van der Waals surface area contributed by atoms with Crippen molar-refractivity contribution in [1.29, 1.82) is 0 Å².